The highest BCUT2D eigenvalue weighted by Crippen LogP contribution is 2.26. The van der Waals surface area contributed by atoms with Crippen LogP contribution >= 0.6 is 11.6 Å². The lowest BCUT2D eigenvalue weighted by atomic mass is 10.1. The lowest BCUT2D eigenvalue weighted by Crippen LogP contribution is -2.04. The Balaban J connectivity index is 3.42. The predicted molar refractivity (Wildman–Crippen MR) is 44.1 cm³/mol. The lowest BCUT2D eigenvalue weighted by molar-refractivity contribution is 0.110. The van der Waals surface area contributed by atoms with Crippen LogP contribution in [-0.4, -0.2) is 11.3 Å². The quantitative estimate of drug-likeness (QED) is 0.448. The highest BCUT2D eigenvalue weighted by molar-refractivity contribution is 6.17. The van der Waals surface area contributed by atoms with Crippen LogP contribution in [0.2, 0.25) is 0 Å². The normalized spacial score (nSPS) is 10.6. The molecule has 0 bridgehead atoms. The molecule has 0 N–H and O–H groups in total. The van der Waals surface area contributed by atoms with Crippen LogP contribution in [0, 0.1) is 5.95 Å². The number of alkyl halides is 3. The van der Waals surface area contributed by atoms with Gasteiger partial charge in [-0.3, -0.25) is 4.79 Å². The first-order valence-electron chi connectivity index (χ1n) is 3.58. The summed E-state index contributed by atoms with van der Waals surface area (Å²) in [5, 5.41) is 0. The largest absolute Gasteiger partial charge is 0.298 e. The van der Waals surface area contributed by atoms with Gasteiger partial charge in [-0.15, -0.1) is 11.6 Å². The third-order valence-electron chi connectivity index (χ3n) is 1.67. The first kappa shape index (κ1) is 11.0. The molecule has 0 fully saturated rings. The number of aromatic nitrogens is 1. The molecule has 0 radical (unpaired) electrons. The zero-order valence-corrected chi connectivity index (χ0v) is 7.56. The molecule has 0 saturated heterocycles. The van der Waals surface area contributed by atoms with E-state index in [-0.39, 0.29) is 17.7 Å². The summed E-state index contributed by atoms with van der Waals surface area (Å²) in [5.74, 6) is -1.50. The smallest absolute Gasteiger partial charge is 0.268 e. The molecule has 1 aromatic heterocycles. The molecule has 0 aromatic carbocycles. The minimum absolute atomic E-state index is 0.0957. The number of halogens is 4. The van der Waals surface area contributed by atoms with E-state index >= 15 is 0 Å². The minimum Gasteiger partial charge on any atom is -0.298 e. The standard InChI is InChI=1S/C8H5ClF3NO/c9-1-4-2-13-8(12)6(7(10)11)5(4)3-14/h2-3,7H,1H2. The van der Waals surface area contributed by atoms with Gasteiger partial charge in [-0.2, -0.15) is 4.39 Å². The van der Waals surface area contributed by atoms with Crippen molar-refractivity contribution >= 4 is 17.9 Å². The summed E-state index contributed by atoms with van der Waals surface area (Å²) in [6.07, 6.45) is -1.95. The molecule has 14 heavy (non-hydrogen) atoms. The molecular formula is C8H5ClF3NO. The van der Waals surface area contributed by atoms with Gasteiger partial charge in [-0.05, 0) is 5.56 Å². The van der Waals surface area contributed by atoms with Gasteiger partial charge >= 0.3 is 0 Å². The number of rotatable bonds is 3. The van der Waals surface area contributed by atoms with Gasteiger partial charge in [-0.25, -0.2) is 13.8 Å². The van der Waals surface area contributed by atoms with Crippen LogP contribution in [0.4, 0.5) is 13.2 Å². The van der Waals surface area contributed by atoms with Crippen molar-refractivity contribution in [2.45, 2.75) is 12.3 Å². The van der Waals surface area contributed by atoms with Crippen molar-refractivity contribution in [1.29, 1.82) is 0 Å². The Morgan fingerprint density at radius 1 is 1.57 bits per heavy atom. The molecule has 1 heterocycles. The maximum Gasteiger partial charge on any atom is 0.268 e. The van der Waals surface area contributed by atoms with Crippen molar-refractivity contribution in [1.82, 2.24) is 4.98 Å². The summed E-state index contributed by atoms with van der Waals surface area (Å²) < 4.78 is 37.4. The van der Waals surface area contributed by atoms with Crippen molar-refractivity contribution in [2.24, 2.45) is 0 Å². The van der Waals surface area contributed by atoms with Crippen molar-refractivity contribution in [3.05, 3.63) is 28.8 Å². The zero-order valence-electron chi connectivity index (χ0n) is 6.81. The molecule has 1 rings (SSSR count). The van der Waals surface area contributed by atoms with Crippen molar-refractivity contribution in [3.63, 3.8) is 0 Å². The Morgan fingerprint density at radius 3 is 2.64 bits per heavy atom. The Labute approximate surface area is 82.7 Å². The average Bonchev–Trinajstić information content (AvgIpc) is 2.16. The maximum atomic E-state index is 12.8. The van der Waals surface area contributed by atoms with E-state index in [1.54, 1.807) is 0 Å². The van der Waals surface area contributed by atoms with Crippen LogP contribution in [-0.2, 0) is 5.88 Å². The van der Waals surface area contributed by atoms with Crippen molar-refractivity contribution < 1.29 is 18.0 Å². The van der Waals surface area contributed by atoms with Crippen molar-refractivity contribution in [3.8, 4) is 0 Å². The molecule has 76 valence electrons. The number of carbonyl (C=O) groups is 1. The summed E-state index contributed by atoms with van der Waals surface area (Å²) >= 11 is 5.37. The van der Waals surface area contributed by atoms with Crippen LogP contribution in [0.3, 0.4) is 0 Å². The van der Waals surface area contributed by atoms with E-state index < -0.39 is 23.5 Å². The molecule has 0 aliphatic carbocycles. The summed E-state index contributed by atoms with van der Waals surface area (Å²) in [5.41, 5.74) is -1.31. The number of pyridine rings is 1. The molecular weight excluding hydrogens is 219 g/mol. The fraction of sp³-hybridized carbons (Fsp3) is 0.250. The first-order chi connectivity index (χ1) is 6.61. The Morgan fingerprint density at radius 2 is 2.21 bits per heavy atom. The van der Waals surface area contributed by atoms with Gasteiger partial charge in [0.2, 0.25) is 5.95 Å². The Bertz CT molecular complexity index is 357. The SMILES string of the molecule is O=Cc1c(CCl)cnc(F)c1C(F)F. The van der Waals surface area contributed by atoms with Gasteiger partial charge in [0.05, 0.1) is 5.56 Å². The molecule has 0 amide bonds. The molecule has 6 heteroatoms. The number of carbonyl (C=O) groups excluding carboxylic acids is 1. The summed E-state index contributed by atoms with van der Waals surface area (Å²) in [6.45, 7) is 0. The second-order valence-corrected chi connectivity index (χ2v) is 2.72. The van der Waals surface area contributed by atoms with Crippen LogP contribution in [0.15, 0.2) is 6.20 Å². The molecule has 0 atom stereocenters. The van der Waals surface area contributed by atoms with E-state index in [4.69, 9.17) is 11.6 Å². The summed E-state index contributed by atoms with van der Waals surface area (Å²) in [4.78, 5) is 13.6. The van der Waals surface area contributed by atoms with Gasteiger partial charge < -0.3 is 0 Å². The number of hydrogen-bond donors (Lipinski definition) is 0. The highest BCUT2D eigenvalue weighted by atomic mass is 35.5. The van der Waals surface area contributed by atoms with E-state index in [9.17, 15) is 18.0 Å². The van der Waals surface area contributed by atoms with Gasteiger partial charge in [0.1, 0.15) is 0 Å². The number of aldehydes is 1. The van der Waals surface area contributed by atoms with E-state index in [1.807, 2.05) is 0 Å². The zero-order chi connectivity index (χ0) is 10.7. The number of hydrogen-bond acceptors (Lipinski definition) is 2. The van der Waals surface area contributed by atoms with E-state index in [1.165, 1.54) is 0 Å². The molecule has 0 aliphatic rings. The summed E-state index contributed by atoms with van der Waals surface area (Å²) in [6, 6.07) is 0. The van der Waals surface area contributed by atoms with Crippen LogP contribution in [0.25, 0.3) is 0 Å². The van der Waals surface area contributed by atoms with Crippen LogP contribution in [0.5, 0.6) is 0 Å². The third kappa shape index (κ3) is 1.87. The van der Waals surface area contributed by atoms with E-state index in [2.05, 4.69) is 4.98 Å². The topological polar surface area (TPSA) is 30.0 Å². The average molecular weight is 224 g/mol. The third-order valence-corrected chi connectivity index (χ3v) is 1.96. The Hall–Kier alpha value is -1.10. The van der Waals surface area contributed by atoms with Gasteiger partial charge in [0.15, 0.2) is 6.29 Å². The minimum atomic E-state index is -3.08. The van der Waals surface area contributed by atoms with Gasteiger partial charge in [-0.1, -0.05) is 0 Å². The van der Waals surface area contributed by atoms with E-state index in [0.29, 0.717) is 0 Å². The first-order valence-corrected chi connectivity index (χ1v) is 4.11. The van der Waals surface area contributed by atoms with Crippen LogP contribution in [0.1, 0.15) is 27.9 Å². The Kier molecular flexibility index (Phi) is 3.46. The van der Waals surface area contributed by atoms with Crippen molar-refractivity contribution in [2.75, 3.05) is 0 Å². The number of nitrogens with zero attached hydrogens (tertiary/aromatic N) is 1. The molecule has 0 unspecified atom stereocenters. The fourth-order valence-electron chi connectivity index (χ4n) is 1.01. The molecule has 0 aliphatic heterocycles. The molecule has 1 aromatic rings. The highest BCUT2D eigenvalue weighted by Gasteiger charge is 2.21. The van der Waals surface area contributed by atoms with Gasteiger partial charge in [0, 0.05) is 17.6 Å². The molecule has 0 spiro atoms. The van der Waals surface area contributed by atoms with E-state index in [0.717, 1.165) is 6.20 Å². The lowest BCUT2D eigenvalue weighted by Gasteiger charge is -2.07. The van der Waals surface area contributed by atoms with Gasteiger partial charge in [0.25, 0.3) is 6.43 Å². The fourth-order valence-corrected chi connectivity index (χ4v) is 1.22. The second kappa shape index (κ2) is 4.41. The monoisotopic (exact) mass is 223 g/mol. The molecule has 0 saturated carbocycles. The maximum absolute atomic E-state index is 12.8. The predicted octanol–water partition coefficient (Wildman–Crippen LogP) is 2.71. The molecule has 2 nitrogen and oxygen atoms in total. The van der Waals surface area contributed by atoms with Crippen LogP contribution < -0.4 is 0 Å². The second-order valence-electron chi connectivity index (χ2n) is 2.45. The summed E-state index contributed by atoms with van der Waals surface area (Å²) in [7, 11) is 0.